The molecule has 346 valence electrons. The van der Waals surface area contributed by atoms with Crippen LogP contribution in [-0.2, 0) is 0 Å². The number of methoxy groups -OCH3 is 4. The van der Waals surface area contributed by atoms with Gasteiger partial charge in [0.25, 0.3) is 0 Å². The third-order valence-corrected chi connectivity index (χ3v) is 24.1. The van der Waals surface area contributed by atoms with Crippen LogP contribution in [0.3, 0.4) is 0 Å². The molecule has 0 aliphatic carbocycles. The van der Waals surface area contributed by atoms with E-state index in [1.54, 1.807) is 28.4 Å². The molecule has 10 rings (SSSR count). The summed E-state index contributed by atoms with van der Waals surface area (Å²) in [5, 5.41) is 5.46. The van der Waals surface area contributed by atoms with Gasteiger partial charge in [0.1, 0.15) is 39.1 Å². The zero-order valence-corrected chi connectivity index (χ0v) is 42.8. The molecule has 6 heteroatoms. The molecule has 2 aliphatic rings. The normalized spacial score (nSPS) is 15.1. The Morgan fingerprint density at radius 3 is 0.643 bits per heavy atom. The average Bonchev–Trinajstić information content (AvgIpc) is 3.86. The molecule has 2 heterocycles. The Balaban J connectivity index is 1.35. The third-order valence-electron chi connectivity index (χ3n) is 14.6. The zero-order chi connectivity index (χ0) is 48.2. The van der Waals surface area contributed by atoms with Crippen molar-refractivity contribution < 1.29 is 18.9 Å². The first-order valence-corrected chi connectivity index (χ1v) is 29.5. The van der Waals surface area contributed by atoms with E-state index >= 15 is 0 Å². The molecule has 0 fully saturated rings. The number of hydrogen-bond donors (Lipinski definition) is 0. The molecule has 8 aromatic rings. The lowest BCUT2D eigenvalue weighted by molar-refractivity contribution is 0.413. The first-order valence-electron chi connectivity index (χ1n) is 24.1. The van der Waals surface area contributed by atoms with Gasteiger partial charge in [0.15, 0.2) is 0 Å². The Labute approximate surface area is 415 Å². The smallest absolute Gasteiger partial charge is 0.125 e. The molecule has 0 N–H and O–H groups in total. The SMILES string of the molecule is COc1ccccc1C1=C(c2ccccc2)C(c2ccccc2)=C(c2ccccc2OC)[Si]1(C)CC[Si]1(C)C(c2ccccc2OC)=C(c2ccccc2)C(c2ccccc2)=C1c1ccccc1OC. The summed E-state index contributed by atoms with van der Waals surface area (Å²) in [4.78, 5) is 0. The van der Waals surface area contributed by atoms with Crippen molar-refractivity contribution in [2.45, 2.75) is 25.2 Å². The summed E-state index contributed by atoms with van der Waals surface area (Å²) in [6.07, 6.45) is 0. The molecule has 0 unspecified atom stereocenters. The molecular formula is C64H58O4Si2. The van der Waals surface area contributed by atoms with Gasteiger partial charge in [-0.3, -0.25) is 0 Å². The molecule has 0 radical (unpaired) electrons. The maximum Gasteiger partial charge on any atom is 0.125 e. The van der Waals surface area contributed by atoms with Crippen molar-refractivity contribution in [1.29, 1.82) is 0 Å². The van der Waals surface area contributed by atoms with Gasteiger partial charge in [-0.05, 0) is 89.6 Å². The molecule has 0 saturated heterocycles. The van der Waals surface area contributed by atoms with Crippen LogP contribution >= 0.6 is 0 Å². The lowest BCUT2D eigenvalue weighted by Gasteiger charge is -2.37. The molecule has 0 aromatic heterocycles. The first-order chi connectivity index (χ1) is 34.4. The van der Waals surface area contributed by atoms with Crippen LogP contribution in [0.5, 0.6) is 23.0 Å². The van der Waals surface area contributed by atoms with Crippen LogP contribution in [0, 0.1) is 0 Å². The Kier molecular flexibility index (Phi) is 13.0. The average molecular weight is 947 g/mol. The van der Waals surface area contributed by atoms with Crippen molar-refractivity contribution in [3.8, 4) is 23.0 Å². The fraction of sp³-hybridized carbons (Fsp3) is 0.125. The molecule has 0 amide bonds. The predicted octanol–water partition coefficient (Wildman–Crippen LogP) is 15.8. The Hall–Kier alpha value is -7.65. The van der Waals surface area contributed by atoms with Crippen molar-refractivity contribution in [1.82, 2.24) is 0 Å². The van der Waals surface area contributed by atoms with Crippen molar-refractivity contribution in [2.75, 3.05) is 28.4 Å². The van der Waals surface area contributed by atoms with Crippen LogP contribution in [0.2, 0.25) is 25.2 Å². The Bertz CT molecular complexity index is 2880. The minimum absolute atomic E-state index is 0.865. The summed E-state index contributed by atoms with van der Waals surface area (Å²) in [7, 11) is 1.20. The summed E-state index contributed by atoms with van der Waals surface area (Å²) in [5.74, 6) is 3.46. The van der Waals surface area contributed by atoms with Crippen molar-refractivity contribution in [2.24, 2.45) is 0 Å². The van der Waals surface area contributed by atoms with Gasteiger partial charge in [-0.1, -0.05) is 219 Å². The molecule has 8 aromatic carbocycles. The second-order valence-corrected chi connectivity index (χ2v) is 26.8. The molecule has 0 spiro atoms. The zero-order valence-electron chi connectivity index (χ0n) is 40.8. The summed E-state index contributed by atoms with van der Waals surface area (Å²) in [6.45, 7) is 5.24. The standard InChI is InChI=1S/C64H58O4Si2/c1-65-53-39-23-19-35-49(53)61-57(45-27-11-7-12-28-45)58(46-29-13-8-14-30-46)62(50-36-20-24-40-54(50)66-2)69(61,5)43-44-70(6)63(51-37-21-25-41-55(51)67-3)59(47-31-15-9-16-32-47)60(48-33-17-10-18-34-48)64(70)52-38-22-26-42-56(52)68-4/h7-42H,43-44H2,1-6H3. The van der Waals surface area contributed by atoms with Crippen LogP contribution in [0.25, 0.3) is 43.1 Å². The number of benzene rings is 8. The fourth-order valence-corrected chi connectivity index (χ4v) is 23.5. The van der Waals surface area contributed by atoms with E-state index in [9.17, 15) is 0 Å². The van der Waals surface area contributed by atoms with Gasteiger partial charge in [0, 0.05) is 22.3 Å². The van der Waals surface area contributed by atoms with Crippen LogP contribution < -0.4 is 18.9 Å². The quantitative estimate of drug-likeness (QED) is 0.0960. The van der Waals surface area contributed by atoms with E-state index in [-0.39, 0.29) is 0 Å². The monoisotopic (exact) mass is 946 g/mol. The maximum atomic E-state index is 6.40. The maximum absolute atomic E-state index is 6.40. The van der Waals surface area contributed by atoms with Gasteiger partial charge in [-0.15, -0.1) is 0 Å². The van der Waals surface area contributed by atoms with E-state index in [2.05, 4.69) is 231 Å². The van der Waals surface area contributed by atoms with E-state index in [1.165, 1.54) is 65.3 Å². The number of hydrogen-bond acceptors (Lipinski definition) is 4. The van der Waals surface area contributed by atoms with Gasteiger partial charge in [0.2, 0.25) is 0 Å². The highest BCUT2D eigenvalue weighted by Crippen LogP contribution is 2.63. The second-order valence-electron chi connectivity index (χ2n) is 18.4. The second kappa shape index (κ2) is 19.8. The van der Waals surface area contributed by atoms with Crippen LogP contribution in [0.1, 0.15) is 44.5 Å². The highest BCUT2D eigenvalue weighted by atomic mass is 28.3. The number of para-hydroxylation sites is 4. The summed E-state index contributed by atoms with van der Waals surface area (Å²) in [5.41, 5.74) is 14.2. The van der Waals surface area contributed by atoms with E-state index in [1.807, 2.05) is 0 Å². The van der Waals surface area contributed by atoms with E-state index < -0.39 is 16.1 Å². The predicted molar refractivity (Wildman–Crippen MR) is 298 cm³/mol. The lowest BCUT2D eigenvalue weighted by Crippen LogP contribution is -2.40. The molecule has 4 nitrogen and oxygen atoms in total. The molecule has 0 saturated carbocycles. The highest BCUT2D eigenvalue weighted by Gasteiger charge is 2.53. The molecule has 2 aliphatic heterocycles. The van der Waals surface area contributed by atoms with Crippen LogP contribution in [-0.4, -0.2) is 44.6 Å². The number of ether oxygens (including phenoxy) is 4. The van der Waals surface area contributed by atoms with Gasteiger partial charge in [-0.25, -0.2) is 0 Å². The summed E-state index contributed by atoms with van der Waals surface area (Å²) >= 11 is 0. The molecular weight excluding hydrogens is 889 g/mol. The number of rotatable bonds is 15. The van der Waals surface area contributed by atoms with Crippen molar-refractivity contribution in [3.63, 3.8) is 0 Å². The highest BCUT2D eigenvalue weighted by molar-refractivity contribution is 7.18. The van der Waals surface area contributed by atoms with Crippen molar-refractivity contribution in [3.05, 3.63) is 263 Å². The van der Waals surface area contributed by atoms with Crippen molar-refractivity contribution >= 4 is 59.2 Å². The van der Waals surface area contributed by atoms with Gasteiger partial charge in [-0.2, -0.15) is 0 Å². The third kappa shape index (κ3) is 7.97. The molecule has 70 heavy (non-hydrogen) atoms. The molecule has 0 bridgehead atoms. The van der Waals surface area contributed by atoms with Gasteiger partial charge in [0.05, 0.1) is 28.4 Å². The topological polar surface area (TPSA) is 36.9 Å². The largest absolute Gasteiger partial charge is 0.496 e. The summed E-state index contributed by atoms with van der Waals surface area (Å²) < 4.78 is 25.6. The lowest BCUT2D eigenvalue weighted by atomic mass is 9.89. The molecule has 0 atom stereocenters. The minimum atomic E-state index is -3.01. The van der Waals surface area contributed by atoms with Gasteiger partial charge < -0.3 is 18.9 Å². The summed E-state index contributed by atoms with van der Waals surface area (Å²) in [6, 6.07) is 80.5. The van der Waals surface area contributed by atoms with E-state index in [0.29, 0.717) is 0 Å². The Morgan fingerprint density at radius 2 is 0.443 bits per heavy atom. The first kappa shape index (κ1) is 46.1. The van der Waals surface area contributed by atoms with E-state index in [4.69, 9.17) is 18.9 Å². The van der Waals surface area contributed by atoms with Crippen LogP contribution in [0.15, 0.2) is 218 Å². The van der Waals surface area contributed by atoms with E-state index in [0.717, 1.165) is 57.3 Å². The fourth-order valence-electron chi connectivity index (χ4n) is 11.6. The van der Waals surface area contributed by atoms with Gasteiger partial charge >= 0.3 is 0 Å². The Morgan fingerprint density at radius 1 is 0.257 bits per heavy atom. The minimum Gasteiger partial charge on any atom is -0.496 e. The van der Waals surface area contributed by atoms with Crippen LogP contribution in [0.4, 0.5) is 0 Å². The number of allylic oxidation sites excluding steroid dienone is 4.